The fourth-order valence-corrected chi connectivity index (χ4v) is 3.71. The average molecular weight is 339 g/mol. The Balaban J connectivity index is 1.93. The van der Waals surface area contributed by atoms with Crippen molar-refractivity contribution in [1.29, 1.82) is 5.26 Å². The van der Waals surface area contributed by atoms with Gasteiger partial charge in [-0.1, -0.05) is 13.8 Å². The van der Waals surface area contributed by atoms with E-state index >= 15 is 0 Å². The number of aromatic nitrogens is 5. The van der Waals surface area contributed by atoms with Crippen molar-refractivity contribution in [2.75, 3.05) is 18.0 Å². The summed E-state index contributed by atoms with van der Waals surface area (Å²) < 4.78 is 2.10. The Morgan fingerprint density at radius 2 is 2.04 bits per heavy atom. The minimum Gasteiger partial charge on any atom is -0.353 e. The van der Waals surface area contributed by atoms with E-state index < -0.39 is 0 Å². The van der Waals surface area contributed by atoms with E-state index in [1.807, 2.05) is 0 Å². The minimum absolute atomic E-state index is 0.306. The highest BCUT2D eigenvalue weighted by atomic mass is 15.3. The van der Waals surface area contributed by atoms with Crippen molar-refractivity contribution in [2.24, 2.45) is 0 Å². The van der Waals surface area contributed by atoms with Crippen LogP contribution in [-0.4, -0.2) is 38.1 Å². The smallest absolute Gasteiger partial charge is 0.169 e. The van der Waals surface area contributed by atoms with Gasteiger partial charge in [0.2, 0.25) is 0 Å². The Morgan fingerprint density at radius 3 is 2.72 bits per heavy atom. The van der Waals surface area contributed by atoms with Gasteiger partial charge in [-0.2, -0.15) is 10.4 Å². The van der Waals surface area contributed by atoms with Crippen LogP contribution >= 0.6 is 0 Å². The zero-order chi connectivity index (χ0) is 17.8. The first-order valence-electron chi connectivity index (χ1n) is 9.14. The van der Waals surface area contributed by atoms with E-state index in [1.165, 1.54) is 0 Å². The highest BCUT2D eigenvalue weighted by molar-refractivity contribution is 5.58. The van der Waals surface area contributed by atoms with Gasteiger partial charge in [-0.3, -0.25) is 0 Å². The van der Waals surface area contributed by atoms with Gasteiger partial charge in [-0.15, -0.1) is 15.3 Å². The molecular weight excluding hydrogens is 314 g/mol. The average Bonchev–Trinajstić information content (AvgIpc) is 3.15. The molecule has 1 unspecified atom stereocenters. The van der Waals surface area contributed by atoms with E-state index in [1.54, 1.807) is 6.33 Å². The third-order valence-corrected chi connectivity index (χ3v) is 5.01. The van der Waals surface area contributed by atoms with Crippen LogP contribution in [-0.2, 0) is 19.4 Å². The van der Waals surface area contributed by atoms with Crippen LogP contribution in [0.25, 0.3) is 0 Å². The Hall–Kier alpha value is -2.49. The topological polar surface area (TPSA) is 83.5 Å². The first-order chi connectivity index (χ1) is 12.2. The maximum atomic E-state index is 9.74. The van der Waals surface area contributed by atoms with Gasteiger partial charge in [0.25, 0.3) is 0 Å². The second-order valence-corrected chi connectivity index (χ2v) is 6.40. The van der Waals surface area contributed by atoms with E-state index in [9.17, 15) is 5.26 Å². The fourth-order valence-electron chi connectivity index (χ4n) is 3.71. The summed E-state index contributed by atoms with van der Waals surface area (Å²) in [6, 6.07) is 2.38. The van der Waals surface area contributed by atoms with Crippen LogP contribution in [0.1, 0.15) is 62.2 Å². The predicted octanol–water partition coefficient (Wildman–Crippen LogP) is 2.47. The van der Waals surface area contributed by atoms with Crippen molar-refractivity contribution in [3.8, 4) is 6.07 Å². The van der Waals surface area contributed by atoms with Gasteiger partial charge in [0, 0.05) is 25.6 Å². The molecule has 7 heteroatoms. The van der Waals surface area contributed by atoms with E-state index in [0.717, 1.165) is 68.2 Å². The molecule has 1 aliphatic rings. The summed E-state index contributed by atoms with van der Waals surface area (Å²) in [6.45, 7) is 8.80. The standard InChI is InChI=1S/C18H25N7/c1-4-14-15(10-19)18(23-21-16(14)5-2)25-9-7-8-13(11-25)17-22-20-12-24(17)6-3/h12-13H,4-9,11H2,1-3H3. The first kappa shape index (κ1) is 17.3. The number of piperidine rings is 1. The van der Waals surface area contributed by atoms with Gasteiger partial charge in [0.1, 0.15) is 23.8 Å². The molecule has 3 heterocycles. The molecule has 0 aromatic carbocycles. The molecule has 1 fully saturated rings. The van der Waals surface area contributed by atoms with Crippen molar-refractivity contribution in [3.63, 3.8) is 0 Å². The quantitative estimate of drug-likeness (QED) is 0.832. The lowest BCUT2D eigenvalue weighted by atomic mass is 9.96. The van der Waals surface area contributed by atoms with Gasteiger partial charge in [-0.25, -0.2) is 0 Å². The van der Waals surface area contributed by atoms with Crippen molar-refractivity contribution >= 4 is 5.82 Å². The van der Waals surface area contributed by atoms with E-state index in [-0.39, 0.29) is 0 Å². The number of anilines is 1. The molecule has 132 valence electrons. The monoisotopic (exact) mass is 339 g/mol. The molecule has 1 aliphatic heterocycles. The summed E-state index contributed by atoms with van der Waals surface area (Å²) in [5.41, 5.74) is 2.66. The number of nitriles is 1. The van der Waals surface area contributed by atoms with Crippen LogP contribution in [0.5, 0.6) is 0 Å². The molecule has 25 heavy (non-hydrogen) atoms. The normalized spacial score (nSPS) is 17.5. The van der Waals surface area contributed by atoms with Gasteiger partial charge < -0.3 is 9.47 Å². The number of nitrogens with zero attached hydrogens (tertiary/aromatic N) is 7. The van der Waals surface area contributed by atoms with Crippen molar-refractivity contribution < 1.29 is 0 Å². The second-order valence-electron chi connectivity index (χ2n) is 6.40. The molecule has 7 nitrogen and oxygen atoms in total. The Bertz CT molecular complexity index is 774. The van der Waals surface area contributed by atoms with Crippen LogP contribution in [0.3, 0.4) is 0 Å². The minimum atomic E-state index is 0.306. The molecule has 2 aromatic heterocycles. The Kier molecular flexibility index (Phi) is 5.27. The summed E-state index contributed by atoms with van der Waals surface area (Å²) in [6.07, 6.45) is 5.52. The summed E-state index contributed by atoms with van der Waals surface area (Å²) >= 11 is 0. The molecule has 1 saturated heterocycles. The molecule has 0 spiro atoms. The molecule has 1 atom stereocenters. The van der Waals surface area contributed by atoms with Crippen LogP contribution in [0.2, 0.25) is 0 Å². The van der Waals surface area contributed by atoms with E-state index in [4.69, 9.17) is 0 Å². The highest BCUT2D eigenvalue weighted by Crippen LogP contribution is 2.31. The summed E-state index contributed by atoms with van der Waals surface area (Å²) in [5, 5.41) is 27.0. The largest absolute Gasteiger partial charge is 0.353 e. The summed E-state index contributed by atoms with van der Waals surface area (Å²) in [7, 11) is 0. The molecule has 3 rings (SSSR count). The van der Waals surface area contributed by atoms with Crippen LogP contribution in [0, 0.1) is 11.3 Å². The summed E-state index contributed by atoms with van der Waals surface area (Å²) in [4.78, 5) is 2.20. The van der Waals surface area contributed by atoms with Crippen molar-refractivity contribution in [1.82, 2.24) is 25.0 Å². The van der Waals surface area contributed by atoms with Gasteiger partial charge in [-0.05, 0) is 38.2 Å². The third-order valence-electron chi connectivity index (χ3n) is 5.01. The van der Waals surface area contributed by atoms with Gasteiger partial charge >= 0.3 is 0 Å². The zero-order valence-electron chi connectivity index (χ0n) is 15.2. The van der Waals surface area contributed by atoms with Crippen LogP contribution in [0.15, 0.2) is 6.33 Å². The number of hydrogen-bond acceptors (Lipinski definition) is 6. The summed E-state index contributed by atoms with van der Waals surface area (Å²) in [5.74, 6) is 2.06. The Morgan fingerprint density at radius 1 is 1.20 bits per heavy atom. The van der Waals surface area contributed by atoms with E-state index in [2.05, 4.69) is 56.7 Å². The lowest BCUT2D eigenvalue weighted by molar-refractivity contribution is 0.469. The first-order valence-corrected chi connectivity index (χ1v) is 9.14. The second kappa shape index (κ2) is 7.60. The molecular formula is C18H25N7. The molecule has 0 aliphatic carbocycles. The third kappa shape index (κ3) is 3.21. The Labute approximate surface area is 148 Å². The molecule has 0 N–H and O–H groups in total. The maximum absolute atomic E-state index is 9.74. The van der Waals surface area contributed by atoms with E-state index in [0.29, 0.717) is 11.5 Å². The zero-order valence-corrected chi connectivity index (χ0v) is 15.2. The number of rotatable bonds is 5. The van der Waals surface area contributed by atoms with Crippen molar-refractivity contribution in [2.45, 2.75) is 58.9 Å². The fraction of sp³-hybridized carbons (Fsp3) is 0.611. The number of hydrogen-bond donors (Lipinski definition) is 0. The lowest BCUT2D eigenvalue weighted by Crippen LogP contribution is -2.37. The van der Waals surface area contributed by atoms with Crippen LogP contribution in [0.4, 0.5) is 5.82 Å². The SMILES string of the molecule is CCc1nnc(N2CCCC(c3nncn3CC)C2)c(C#N)c1CC. The highest BCUT2D eigenvalue weighted by Gasteiger charge is 2.28. The molecule has 0 amide bonds. The predicted molar refractivity (Wildman–Crippen MR) is 95.4 cm³/mol. The van der Waals surface area contributed by atoms with Gasteiger partial charge in [0.05, 0.1) is 5.69 Å². The lowest BCUT2D eigenvalue weighted by Gasteiger charge is -2.33. The molecule has 0 saturated carbocycles. The molecule has 0 bridgehead atoms. The molecule has 0 radical (unpaired) electrons. The van der Waals surface area contributed by atoms with Crippen LogP contribution < -0.4 is 4.90 Å². The van der Waals surface area contributed by atoms with Crippen molar-refractivity contribution in [3.05, 3.63) is 29.0 Å². The molecule has 2 aromatic rings. The van der Waals surface area contributed by atoms with Gasteiger partial charge in [0.15, 0.2) is 5.82 Å². The maximum Gasteiger partial charge on any atom is 0.169 e. The number of aryl methyl sites for hydroxylation is 2.